The van der Waals surface area contributed by atoms with Crippen LogP contribution < -0.4 is 5.73 Å². The molecule has 1 unspecified atom stereocenters. The Kier molecular flexibility index (Phi) is 3.30. The van der Waals surface area contributed by atoms with Crippen LogP contribution in [0.4, 0.5) is 0 Å². The van der Waals surface area contributed by atoms with E-state index in [1.807, 2.05) is 0 Å². The topological polar surface area (TPSA) is 38.9 Å². The molecule has 0 saturated heterocycles. The Hall–Kier alpha value is -0.120. The number of hydrogen-bond donors (Lipinski definition) is 1. The molecule has 0 aliphatic rings. The van der Waals surface area contributed by atoms with Crippen LogP contribution in [0, 0.1) is 0 Å². The highest BCUT2D eigenvalue weighted by molar-refractivity contribution is 7.15. The molecule has 1 rings (SSSR count). The van der Waals surface area contributed by atoms with Crippen LogP contribution in [0.1, 0.15) is 18.2 Å². The van der Waals surface area contributed by atoms with Gasteiger partial charge in [-0.2, -0.15) is 0 Å². The van der Waals surface area contributed by atoms with Gasteiger partial charge in [0, 0.05) is 17.1 Å². The van der Waals surface area contributed by atoms with Gasteiger partial charge in [0.2, 0.25) is 0 Å². The second-order valence-corrected chi connectivity index (χ2v) is 4.15. The fraction of sp³-hybridized carbons (Fsp3) is 0.571. The molecule has 0 fully saturated rings. The standard InChI is InChI=1S/C7H11ClN2S/c1-2-5(9)3-6-4-10-7(8)11-6/h4-5H,2-3,9H2,1H3. The van der Waals surface area contributed by atoms with E-state index in [1.54, 1.807) is 6.20 Å². The van der Waals surface area contributed by atoms with Crippen molar-refractivity contribution < 1.29 is 0 Å². The zero-order valence-corrected chi connectivity index (χ0v) is 7.95. The van der Waals surface area contributed by atoms with E-state index in [4.69, 9.17) is 17.3 Å². The average molecular weight is 191 g/mol. The normalized spacial score (nSPS) is 13.4. The van der Waals surface area contributed by atoms with Crippen molar-refractivity contribution in [2.24, 2.45) is 5.73 Å². The summed E-state index contributed by atoms with van der Waals surface area (Å²) in [5, 5.41) is 0. The first-order chi connectivity index (χ1) is 5.22. The van der Waals surface area contributed by atoms with Crippen LogP contribution in [0.3, 0.4) is 0 Å². The van der Waals surface area contributed by atoms with Crippen LogP contribution >= 0.6 is 22.9 Å². The summed E-state index contributed by atoms with van der Waals surface area (Å²) in [6.45, 7) is 2.08. The highest BCUT2D eigenvalue weighted by Gasteiger charge is 2.04. The fourth-order valence-corrected chi connectivity index (χ4v) is 1.85. The summed E-state index contributed by atoms with van der Waals surface area (Å²) in [6.07, 6.45) is 3.68. The van der Waals surface area contributed by atoms with Gasteiger partial charge in [-0.25, -0.2) is 4.98 Å². The summed E-state index contributed by atoms with van der Waals surface area (Å²) in [5.74, 6) is 0. The molecule has 1 heterocycles. The lowest BCUT2D eigenvalue weighted by Crippen LogP contribution is -2.20. The number of halogens is 1. The number of thiazole rings is 1. The molecule has 0 aliphatic carbocycles. The van der Waals surface area contributed by atoms with Gasteiger partial charge in [-0.1, -0.05) is 18.5 Å². The van der Waals surface area contributed by atoms with Gasteiger partial charge in [-0.05, 0) is 12.8 Å². The van der Waals surface area contributed by atoms with Gasteiger partial charge in [0.25, 0.3) is 0 Å². The molecule has 0 radical (unpaired) electrons. The summed E-state index contributed by atoms with van der Waals surface area (Å²) >= 11 is 7.16. The van der Waals surface area contributed by atoms with Crippen LogP contribution in [0.15, 0.2) is 6.20 Å². The lowest BCUT2D eigenvalue weighted by Gasteiger charge is -2.04. The number of nitrogens with two attached hydrogens (primary N) is 1. The smallest absolute Gasteiger partial charge is 0.183 e. The number of hydrogen-bond acceptors (Lipinski definition) is 3. The molecule has 1 aromatic heterocycles. The first-order valence-corrected chi connectivity index (χ1v) is 4.77. The quantitative estimate of drug-likeness (QED) is 0.793. The van der Waals surface area contributed by atoms with Gasteiger partial charge in [0.1, 0.15) is 0 Å². The maximum absolute atomic E-state index is 5.75. The Bertz CT molecular complexity index is 224. The van der Waals surface area contributed by atoms with Crippen molar-refractivity contribution in [2.45, 2.75) is 25.8 Å². The molecule has 0 aromatic carbocycles. The molecular formula is C7H11ClN2S. The molecule has 1 atom stereocenters. The van der Waals surface area contributed by atoms with E-state index in [1.165, 1.54) is 16.2 Å². The first-order valence-electron chi connectivity index (χ1n) is 3.58. The Labute approximate surface area is 75.4 Å². The van der Waals surface area contributed by atoms with Gasteiger partial charge >= 0.3 is 0 Å². The molecule has 4 heteroatoms. The molecule has 0 saturated carbocycles. The summed E-state index contributed by atoms with van der Waals surface area (Å²) < 4.78 is 0.600. The summed E-state index contributed by atoms with van der Waals surface area (Å²) in [6, 6.07) is 0.242. The highest BCUT2D eigenvalue weighted by atomic mass is 35.5. The van der Waals surface area contributed by atoms with Gasteiger partial charge in [-0.3, -0.25) is 0 Å². The molecule has 0 amide bonds. The predicted molar refractivity (Wildman–Crippen MR) is 49.1 cm³/mol. The fourth-order valence-electron chi connectivity index (χ4n) is 0.781. The average Bonchev–Trinajstić information content (AvgIpc) is 2.35. The third-order valence-electron chi connectivity index (χ3n) is 1.51. The maximum Gasteiger partial charge on any atom is 0.183 e. The molecular weight excluding hydrogens is 180 g/mol. The maximum atomic E-state index is 5.75. The van der Waals surface area contributed by atoms with Crippen molar-refractivity contribution in [2.75, 3.05) is 0 Å². The van der Waals surface area contributed by atoms with Crippen molar-refractivity contribution >= 4 is 22.9 Å². The van der Waals surface area contributed by atoms with Crippen LogP contribution in [0.25, 0.3) is 0 Å². The van der Waals surface area contributed by atoms with Crippen molar-refractivity contribution in [3.05, 3.63) is 15.5 Å². The van der Waals surface area contributed by atoms with Gasteiger partial charge in [-0.15, -0.1) is 11.3 Å². The molecule has 1 aromatic rings. The van der Waals surface area contributed by atoms with Gasteiger partial charge in [0.05, 0.1) is 0 Å². The number of nitrogens with zero attached hydrogens (tertiary/aromatic N) is 1. The highest BCUT2D eigenvalue weighted by Crippen LogP contribution is 2.18. The molecule has 0 bridgehead atoms. The Morgan fingerprint density at radius 3 is 3.00 bits per heavy atom. The lowest BCUT2D eigenvalue weighted by molar-refractivity contribution is 0.651. The molecule has 62 valence electrons. The van der Waals surface area contributed by atoms with Gasteiger partial charge < -0.3 is 5.73 Å². The van der Waals surface area contributed by atoms with Crippen LogP contribution in [0.5, 0.6) is 0 Å². The van der Waals surface area contributed by atoms with Crippen LogP contribution in [-0.2, 0) is 6.42 Å². The van der Waals surface area contributed by atoms with E-state index in [9.17, 15) is 0 Å². The number of rotatable bonds is 3. The first kappa shape index (κ1) is 8.97. The predicted octanol–water partition coefficient (Wildman–Crippen LogP) is 2.08. The SMILES string of the molecule is CCC(N)Cc1cnc(Cl)s1. The second kappa shape index (κ2) is 4.04. The van der Waals surface area contributed by atoms with Gasteiger partial charge in [0.15, 0.2) is 4.47 Å². The van der Waals surface area contributed by atoms with E-state index in [0.29, 0.717) is 4.47 Å². The Morgan fingerprint density at radius 1 is 1.82 bits per heavy atom. The second-order valence-electron chi connectivity index (χ2n) is 2.45. The van der Waals surface area contributed by atoms with E-state index in [0.717, 1.165) is 12.8 Å². The van der Waals surface area contributed by atoms with E-state index < -0.39 is 0 Å². The third kappa shape index (κ3) is 2.77. The molecule has 0 spiro atoms. The van der Waals surface area contributed by atoms with E-state index in [-0.39, 0.29) is 6.04 Å². The largest absolute Gasteiger partial charge is 0.327 e. The van der Waals surface area contributed by atoms with E-state index >= 15 is 0 Å². The van der Waals surface area contributed by atoms with Crippen molar-refractivity contribution in [1.82, 2.24) is 4.98 Å². The minimum absolute atomic E-state index is 0.242. The molecule has 0 aliphatic heterocycles. The Morgan fingerprint density at radius 2 is 2.55 bits per heavy atom. The van der Waals surface area contributed by atoms with Crippen molar-refractivity contribution in [3.63, 3.8) is 0 Å². The molecule has 2 nitrogen and oxygen atoms in total. The van der Waals surface area contributed by atoms with Crippen LogP contribution in [0.2, 0.25) is 4.47 Å². The van der Waals surface area contributed by atoms with E-state index in [2.05, 4.69) is 11.9 Å². The van der Waals surface area contributed by atoms with Crippen molar-refractivity contribution in [3.8, 4) is 0 Å². The molecule has 11 heavy (non-hydrogen) atoms. The summed E-state index contributed by atoms with van der Waals surface area (Å²) in [5.41, 5.74) is 5.75. The molecule has 2 N–H and O–H groups in total. The monoisotopic (exact) mass is 190 g/mol. The van der Waals surface area contributed by atoms with Crippen molar-refractivity contribution in [1.29, 1.82) is 0 Å². The Balaban J connectivity index is 2.50. The summed E-state index contributed by atoms with van der Waals surface area (Å²) in [7, 11) is 0. The minimum Gasteiger partial charge on any atom is -0.327 e. The van der Waals surface area contributed by atoms with Crippen LogP contribution in [-0.4, -0.2) is 11.0 Å². The third-order valence-corrected chi connectivity index (χ3v) is 2.65. The zero-order valence-electron chi connectivity index (χ0n) is 6.38. The minimum atomic E-state index is 0.242. The summed E-state index contributed by atoms with van der Waals surface area (Å²) in [4.78, 5) is 5.10. The number of aromatic nitrogens is 1. The lowest BCUT2D eigenvalue weighted by atomic mass is 10.1. The zero-order chi connectivity index (χ0) is 8.27.